The standard InChI is InChI=1S/C7H12BN2/c1-6-7(8-6)10-5-3-4-9(10)2/h3-8H,1-2H3/q+1. The first-order chi connectivity index (χ1) is 4.79. The third kappa shape index (κ3) is 0.771. The second-order valence-electron chi connectivity index (χ2n) is 3.22. The van der Waals surface area contributed by atoms with Crippen molar-refractivity contribution >= 4 is 7.28 Å². The van der Waals surface area contributed by atoms with E-state index in [-0.39, 0.29) is 0 Å². The average molecular weight is 135 g/mol. The van der Waals surface area contributed by atoms with Gasteiger partial charge in [0, 0.05) is 6.07 Å². The van der Waals surface area contributed by atoms with Crippen LogP contribution < -0.4 is 4.68 Å². The lowest BCUT2D eigenvalue weighted by Gasteiger charge is -1.95. The molecule has 2 heterocycles. The number of aromatic nitrogens is 2. The Morgan fingerprint density at radius 3 is 2.70 bits per heavy atom. The van der Waals surface area contributed by atoms with Crippen LogP contribution in [-0.4, -0.2) is 12.0 Å². The Balaban J connectivity index is 2.26. The molecule has 10 heavy (non-hydrogen) atoms. The second kappa shape index (κ2) is 1.88. The summed E-state index contributed by atoms with van der Waals surface area (Å²) >= 11 is 0. The Bertz CT molecular complexity index is 244. The van der Waals surface area contributed by atoms with Gasteiger partial charge in [-0.05, 0) is 5.82 Å². The normalized spacial score (nSPS) is 29.8. The summed E-state index contributed by atoms with van der Waals surface area (Å²) in [5.41, 5.74) is 0. The summed E-state index contributed by atoms with van der Waals surface area (Å²) in [6.45, 7) is 2.30. The minimum absolute atomic E-state index is 0.778. The van der Waals surface area contributed by atoms with Crippen molar-refractivity contribution in [1.29, 1.82) is 0 Å². The highest BCUT2D eigenvalue weighted by molar-refractivity contribution is 6.52. The van der Waals surface area contributed by atoms with E-state index >= 15 is 0 Å². The van der Waals surface area contributed by atoms with Crippen molar-refractivity contribution in [3.05, 3.63) is 18.5 Å². The summed E-state index contributed by atoms with van der Waals surface area (Å²) in [5, 5.41) is 0. The summed E-state index contributed by atoms with van der Waals surface area (Å²) < 4.78 is 4.44. The molecule has 2 rings (SSSR count). The molecule has 1 aliphatic rings. The molecule has 0 spiro atoms. The maximum atomic E-state index is 2.30. The fourth-order valence-corrected chi connectivity index (χ4v) is 1.45. The molecule has 0 saturated carbocycles. The van der Waals surface area contributed by atoms with Crippen LogP contribution in [0.5, 0.6) is 0 Å². The second-order valence-corrected chi connectivity index (χ2v) is 3.22. The quantitative estimate of drug-likeness (QED) is 0.380. The van der Waals surface area contributed by atoms with E-state index in [4.69, 9.17) is 0 Å². The molecule has 2 atom stereocenters. The van der Waals surface area contributed by atoms with Crippen molar-refractivity contribution in [2.75, 3.05) is 0 Å². The average Bonchev–Trinajstić information content (AvgIpc) is 2.42. The van der Waals surface area contributed by atoms with Crippen LogP contribution in [0.1, 0.15) is 12.9 Å². The van der Waals surface area contributed by atoms with Crippen molar-refractivity contribution in [2.45, 2.75) is 18.7 Å². The molecule has 2 nitrogen and oxygen atoms in total. The van der Waals surface area contributed by atoms with E-state index in [9.17, 15) is 0 Å². The molecule has 0 aliphatic carbocycles. The molecule has 2 unspecified atom stereocenters. The lowest BCUT2D eigenvalue weighted by molar-refractivity contribution is -0.753. The van der Waals surface area contributed by atoms with Gasteiger partial charge >= 0.3 is 0 Å². The summed E-state index contributed by atoms with van der Waals surface area (Å²) in [7, 11) is 3.44. The van der Waals surface area contributed by atoms with Crippen LogP contribution in [0.3, 0.4) is 0 Å². The van der Waals surface area contributed by atoms with Crippen LogP contribution in [0.4, 0.5) is 0 Å². The molecule has 0 N–H and O–H groups in total. The predicted octanol–water partition coefficient (Wildman–Crippen LogP) is 0.0697. The van der Waals surface area contributed by atoms with Crippen LogP contribution >= 0.6 is 0 Å². The third-order valence-corrected chi connectivity index (χ3v) is 2.31. The number of hydrogen-bond donors (Lipinski definition) is 0. The largest absolute Gasteiger partial charge is 0.195 e. The molecular formula is C7H12BN2+. The van der Waals surface area contributed by atoms with Crippen molar-refractivity contribution in [1.82, 2.24) is 4.68 Å². The number of hydrogen-bond acceptors (Lipinski definition) is 0. The van der Waals surface area contributed by atoms with Gasteiger partial charge in [-0.15, -0.1) is 4.68 Å². The zero-order valence-corrected chi connectivity index (χ0v) is 6.49. The summed E-state index contributed by atoms with van der Waals surface area (Å²) in [4.78, 5) is 0. The van der Waals surface area contributed by atoms with E-state index in [0.717, 1.165) is 11.8 Å². The molecule has 1 aromatic rings. The zero-order valence-electron chi connectivity index (χ0n) is 6.49. The van der Waals surface area contributed by atoms with E-state index in [2.05, 4.69) is 41.8 Å². The van der Waals surface area contributed by atoms with Gasteiger partial charge in [-0.25, -0.2) is 0 Å². The highest BCUT2D eigenvalue weighted by Gasteiger charge is 2.39. The Hall–Kier alpha value is -0.725. The first kappa shape index (κ1) is 6.02. The van der Waals surface area contributed by atoms with Gasteiger partial charge in [0.05, 0.1) is 12.1 Å². The van der Waals surface area contributed by atoms with E-state index in [1.165, 1.54) is 7.28 Å². The highest BCUT2D eigenvalue weighted by Crippen LogP contribution is 2.37. The number of rotatable bonds is 1. The maximum Gasteiger partial charge on any atom is 0.195 e. The molecule has 0 amide bonds. The molecule has 52 valence electrons. The van der Waals surface area contributed by atoms with Gasteiger partial charge in [0.15, 0.2) is 20.5 Å². The van der Waals surface area contributed by atoms with Gasteiger partial charge in [-0.3, -0.25) is 0 Å². The Morgan fingerprint density at radius 1 is 1.60 bits per heavy atom. The monoisotopic (exact) mass is 135 g/mol. The topological polar surface area (TPSA) is 8.81 Å². The van der Waals surface area contributed by atoms with E-state index in [1.54, 1.807) is 0 Å². The molecule has 1 saturated heterocycles. The summed E-state index contributed by atoms with van der Waals surface area (Å²) in [6, 6.07) is 2.09. The van der Waals surface area contributed by atoms with Gasteiger partial charge < -0.3 is 0 Å². The van der Waals surface area contributed by atoms with Crippen LogP contribution in [0.25, 0.3) is 0 Å². The Morgan fingerprint density at radius 2 is 2.30 bits per heavy atom. The molecule has 1 aromatic heterocycles. The minimum atomic E-state index is 0.778. The lowest BCUT2D eigenvalue weighted by Crippen LogP contribution is -2.37. The van der Waals surface area contributed by atoms with Crippen molar-refractivity contribution in [2.24, 2.45) is 7.05 Å². The highest BCUT2D eigenvalue weighted by atomic mass is 15.4. The summed E-state index contributed by atoms with van der Waals surface area (Å²) in [6.07, 6.45) is 4.24. The van der Waals surface area contributed by atoms with Crippen molar-refractivity contribution in [3.8, 4) is 0 Å². The molecule has 1 fully saturated rings. The van der Waals surface area contributed by atoms with E-state index in [1.807, 2.05) is 0 Å². The Labute approximate surface area is 61.7 Å². The predicted molar refractivity (Wildman–Crippen MR) is 41.2 cm³/mol. The van der Waals surface area contributed by atoms with Crippen molar-refractivity contribution < 1.29 is 4.68 Å². The number of nitrogens with zero attached hydrogens (tertiary/aromatic N) is 2. The lowest BCUT2D eigenvalue weighted by atomic mass is 10.0. The fourth-order valence-electron chi connectivity index (χ4n) is 1.45. The van der Waals surface area contributed by atoms with Gasteiger partial charge in [0.2, 0.25) is 0 Å². The number of aryl methyl sites for hydroxylation is 1. The third-order valence-electron chi connectivity index (χ3n) is 2.31. The van der Waals surface area contributed by atoms with Gasteiger partial charge in [0.1, 0.15) is 0 Å². The smallest absolute Gasteiger partial charge is 0.167 e. The zero-order chi connectivity index (χ0) is 7.14. The van der Waals surface area contributed by atoms with Crippen LogP contribution in [0, 0.1) is 0 Å². The molecule has 0 bridgehead atoms. The first-order valence-electron chi connectivity index (χ1n) is 3.82. The van der Waals surface area contributed by atoms with Crippen molar-refractivity contribution in [3.63, 3.8) is 0 Å². The molecule has 0 radical (unpaired) electrons. The first-order valence-corrected chi connectivity index (χ1v) is 3.82. The Kier molecular flexibility index (Phi) is 1.13. The SMILES string of the molecule is CC1BC1n1ccc[n+]1C. The van der Waals surface area contributed by atoms with Crippen LogP contribution in [-0.2, 0) is 7.05 Å². The molecular weight excluding hydrogens is 123 g/mol. The minimum Gasteiger partial charge on any atom is -0.167 e. The van der Waals surface area contributed by atoms with Gasteiger partial charge in [-0.2, -0.15) is 4.68 Å². The molecule has 1 aliphatic heterocycles. The van der Waals surface area contributed by atoms with E-state index in [0.29, 0.717) is 0 Å². The maximum absolute atomic E-state index is 2.30. The molecule has 3 heteroatoms. The van der Waals surface area contributed by atoms with Gasteiger partial charge in [-0.1, -0.05) is 6.92 Å². The van der Waals surface area contributed by atoms with Gasteiger partial charge in [0.25, 0.3) is 0 Å². The van der Waals surface area contributed by atoms with Crippen LogP contribution in [0.15, 0.2) is 18.5 Å². The summed E-state index contributed by atoms with van der Waals surface area (Å²) in [5.74, 6) is 1.67. The fraction of sp³-hybridized carbons (Fsp3) is 0.571. The van der Waals surface area contributed by atoms with E-state index < -0.39 is 0 Å². The van der Waals surface area contributed by atoms with Crippen LogP contribution in [0.2, 0.25) is 5.82 Å². The molecule has 0 aromatic carbocycles.